The molecule has 18 heteroatoms. The van der Waals surface area contributed by atoms with Crippen molar-refractivity contribution >= 4 is 51.4 Å². The first-order valence-electron chi connectivity index (χ1n) is 21.2. The van der Waals surface area contributed by atoms with E-state index in [1.54, 1.807) is 76.2 Å². The third-order valence-electron chi connectivity index (χ3n) is 8.32. The van der Waals surface area contributed by atoms with Gasteiger partial charge in [0.2, 0.25) is 23.6 Å². The van der Waals surface area contributed by atoms with Crippen molar-refractivity contribution in [3.8, 4) is 0 Å². The van der Waals surface area contributed by atoms with Gasteiger partial charge in [-0.1, -0.05) is 68.4 Å². The highest BCUT2D eigenvalue weighted by Gasteiger charge is 2.31. The summed E-state index contributed by atoms with van der Waals surface area (Å²) in [6.07, 6.45) is 1.63. The Balaban J connectivity index is 0. The third-order valence-corrected chi connectivity index (χ3v) is 9.87. The smallest absolute Gasteiger partial charge is 0.408 e. The first-order valence-corrected chi connectivity index (χ1v) is 22.9. The fourth-order valence-electron chi connectivity index (χ4n) is 5.34. The fraction of sp³-hybridized carbons (Fsp3) is 0.791. The van der Waals surface area contributed by atoms with Crippen LogP contribution >= 0.6 is 0 Å². The zero-order chi connectivity index (χ0) is 48.2. The van der Waals surface area contributed by atoms with Gasteiger partial charge in [-0.05, 0) is 105 Å². The first kappa shape index (κ1) is 58.9. The van der Waals surface area contributed by atoms with Crippen LogP contribution in [0.15, 0.2) is 11.5 Å². The van der Waals surface area contributed by atoms with Crippen molar-refractivity contribution in [3.05, 3.63) is 11.5 Å². The van der Waals surface area contributed by atoms with Crippen LogP contribution < -0.4 is 31.9 Å². The maximum atomic E-state index is 12.7. The van der Waals surface area contributed by atoms with E-state index in [1.165, 1.54) is 26.8 Å². The molecule has 0 fully saturated rings. The van der Waals surface area contributed by atoms with Crippen molar-refractivity contribution in [3.63, 3.8) is 0 Å². The summed E-state index contributed by atoms with van der Waals surface area (Å²) in [4.78, 5) is 86.2. The Morgan fingerprint density at radius 3 is 1.25 bits per heavy atom. The average molecular weight is 889 g/mol. The Hall–Kier alpha value is -4.22. The van der Waals surface area contributed by atoms with Crippen LogP contribution in [0, 0.1) is 23.7 Å². The lowest BCUT2D eigenvalue weighted by molar-refractivity contribution is -0.132. The first-order chi connectivity index (χ1) is 27.6. The van der Waals surface area contributed by atoms with Crippen molar-refractivity contribution in [1.82, 2.24) is 31.9 Å². The number of Topliss-reactive ketones (excluding diaryl/α,β-unsaturated/α-hetero) is 1. The van der Waals surface area contributed by atoms with Crippen LogP contribution in [-0.4, -0.2) is 103 Å². The highest BCUT2D eigenvalue weighted by Crippen LogP contribution is 2.12. The zero-order valence-electron chi connectivity index (χ0n) is 40.2. The normalized spacial score (nSPS) is 15.0. The SMILES string of the molecule is CC(=O)[C@H](CC(C)C)NC(=O)[C@H](C)NC(=O)[C@@H](NC(=O)OC(C)(C)C)C(C)C.CCCS(=O)(=O)/C=C/[C@H](CC(C)C)NC(=O)[C@H](C)NC(=O)[C@@H](NC(=O)OC(C)(C)C)C(C)C. The van der Waals surface area contributed by atoms with E-state index in [0.29, 0.717) is 19.3 Å². The molecule has 6 amide bonds. The van der Waals surface area contributed by atoms with Crippen LogP contribution in [0.25, 0.3) is 0 Å². The minimum Gasteiger partial charge on any atom is -0.444 e. The van der Waals surface area contributed by atoms with E-state index in [2.05, 4.69) is 31.9 Å². The van der Waals surface area contributed by atoms with Gasteiger partial charge in [-0.2, -0.15) is 0 Å². The van der Waals surface area contributed by atoms with E-state index < -0.39 is 93.1 Å². The van der Waals surface area contributed by atoms with Crippen molar-refractivity contribution in [2.45, 2.75) is 191 Å². The number of hydrogen-bond acceptors (Lipinski definition) is 11. The average Bonchev–Trinajstić information content (AvgIpc) is 3.05. The van der Waals surface area contributed by atoms with Crippen LogP contribution in [0.4, 0.5) is 9.59 Å². The Kier molecular flexibility index (Phi) is 26.0. The van der Waals surface area contributed by atoms with Gasteiger partial charge in [0.15, 0.2) is 15.6 Å². The number of nitrogens with one attached hydrogen (secondary N) is 6. The summed E-state index contributed by atoms with van der Waals surface area (Å²) in [6.45, 7) is 31.6. The van der Waals surface area contributed by atoms with Crippen molar-refractivity contribution in [2.24, 2.45) is 23.7 Å². The predicted octanol–water partition coefficient (Wildman–Crippen LogP) is 5.07. The van der Waals surface area contributed by atoms with Gasteiger partial charge in [-0.3, -0.25) is 24.0 Å². The van der Waals surface area contributed by atoms with E-state index in [4.69, 9.17) is 9.47 Å². The molecule has 0 heterocycles. The quantitative estimate of drug-likeness (QED) is 0.0889. The van der Waals surface area contributed by atoms with Gasteiger partial charge in [-0.15, -0.1) is 0 Å². The molecule has 0 saturated heterocycles. The maximum absolute atomic E-state index is 12.7. The number of carbonyl (C=O) groups excluding carboxylic acids is 7. The van der Waals surface area contributed by atoms with E-state index in [-0.39, 0.29) is 35.2 Å². The maximum Gasteiger partial charge on any atom is 0.408 e. The molecule has 17 nitrogen and oxygen atoms in total. The van der Waals surface area contributed by atoms with Gasteiger partial charge in [0, 0.05) is 11.4 Å². The van der Waals surface area contributed by atoms with E-state index in [1.807, 2.05) is 27.7 Å². The van der Waals surface area contributed by atoms with Crippen molar-refractivity contribution in [1.29, 1.82) is 0 Å². The Labute approximate surface area is 366 Å². The molecule has 6 atom stereocenters. The molecule has 0 saturated carbocycles. The topological polar surface area (TPSA) is 244 Å². The van der Waals surface area contributed by atoms with Crippen LogP contribution in [0.3, 0.4) is 0 Å². The Morgan fingerprint density at radius 2 is 0.934 bits per heavy atom. The third kappa shape index (κ3) is 28.1. The second-order valence-electron chi connectivity index (χ2n) is 18.9. The van der Waals surface area contributed by atoms with Gasteiger partial charge in [-0.25, -0.2) is 18.0 Å². The number of carbonyl (C=O) groups is 7. The molecule has 0 spiro atoms. The van der Waals surface area contributed by atoms with Crippen LogP contribution in [0.1, 0.15) is 144 Å². The molecule has 0 aliphatic carbocycles. The highest BCUT2D eigenvalue weighted by atomic mass is 32.2. The highest BCUT2D eigenvalue weighted by molar-refractivity contribution is 7.94. The summed E-state index contributed by atoms with van der Waals surface area (Å²) < 4.78 is 34.4. The van der Waals surface area contributed by atoms with Gasteiger partial charge >= 0.3 is 12.2 Å². The van der Waals surface area contributed by atoms with Crippen molar-refractivity contribution in [2.75, 3.05) is 5.75 Å². The van der Waals surface area contributed by atoms with Crippen LogP contribution in [0.2, 0.25) is 0 Å². The lowest BCUT2D eigenvalue weighted by Gasteiger charge is -2.26. The molecule has 0 aromatic heterocycles. The fourth-order valence-corrected chi connectivity index (χ4v) is 6.47. The molecular formula is C43H80N6O11S. The minimum atomic E-state index is -3.34. The molecule has 0 rings (SSSR count). The molecule has 0 aromatic carbocycles. The van der Waals surface area contributed by atoms with E-state index in [9.17, 15) is 42.0 Å². The van der Waals surface area contributed by atoms with Gasteiger partial charge in [0.25, 0.3) is 0 Å². The molecule has 0 aliphatic heterocycles. The summed E-state index contributed by atoms with van der Waals surface area (Å²) in [6, 6.07) is -4.58. The minimum absolute atomic E-state index is 0.0412. The van der Waals surface area contributed by atoms with Gasteiger partial charge in [0.1, 0.15) is 35.4 Å². The number of hydrogen-bond donors (Lipinski definition) is 6. The summed E-state index contributed by atoms with van der Waals surface area (Å²) in [5, 5.41) is 16.9. The second kappa shape index (κ2) is 27.0. The lowest BCUT2D eigenvalue weighted by atomic mass is 10.0. The van der Waals surface area contributed by atoms with E-state index >= 15 is 0 Å². The monoisotopic (exact) mass is 889 g/mol. The number of alkyl carbamates (subject to hydrolysis) is 2. The van der Waals surface area contributed by atoms with Gasteiger partial charge < -0.3 is 41.4 Å². The largest absolute Gasteiger partial charge is 0.444 e. The molecule has 61 heavy (non-hydrogen) atoms. The number of sulfone groups is 1. The molecule has 0 aromatic rings. The number of amides is 6. The molecule has 6 N–H and O–H groups in total. The number of ketones is 1. The summed E-state index contributed by atoms with van der Waals surface area (Å²) in [5.41, 5.74) is -1.40. The van der Waals surface area contributed by atoms with Crippen molar-refractivity contribution < 1.29 is 51.5 Å². The predicted molar refractivity (Wildman–Crippen MR) is 238 cm³/mol. The zero-order valence-corrected chi connectivity index (χ0v) is 41.0. The van der Waals surface area contributed by atoms with Gasteiger partial charge in [0.05, 0.1) is 11.8 Å². The second-order valence-corrected chi connectivity index (χ2v) is 20.9. The standard InChI is InChI=1S/C23H43N3O6S.C20H37N3O5/c1-10-12-33(30,31)13-11-18(14-15(2)3)25-20(27)17(6)24-21(28)19(16(4)5)26-22(29)32-23(7,8)9;1-11(2)10-15(14(6)24)22-17(25)13(5)21-18(26)16(12(3)4)23-19(27)28-20(7,8)9/h11,13,15-19H,10,12,14H2,1-9H3,(H,24,28)(H,25,27)(H,26,29);11-13,15-16H,10H2,1-9H3,(H,21,26)(H,22,25)(H,23,27)/b13-11+;/t17-,18+,19-;13-,15-,16-/m00/s1. The molecule has 0 bridgehead atoms. The molecule has 0 unspecified atom stereocenters. The molecule has 0 radical (unpaired) electrons. The van der Waals surface area contributed by atoms with Crippen LogP contribution in [-0.2, 0) is 43.3 Å². The number of rotatable bonds is 21. The van der Waals surface area contributed by atoms with Crippen LogP contribution in [0.5, 0.6) is 0 Å². The molecule has 354 valence electrons. The summed E-state index contributed by atoms with van der Waals surface area (Å²) in [7, 11) is -3.34. The summed E-state index contributed by atoms with van der Waals surface area (Å²) >= 11 is 0. The lowest BCUT2D eigenvalue weighted by Crippen LogP contribution is -2.56. The van der Waals surface area contributed by atoms with E-state index in [0.717, 1.165) is 5.41 Å². The number of ether oxygens (including phenoxy) is 2. The Morgan fingerprint density at radius 1 is 0.557 bits per heavy atom. The molecular weight excluding hydrogens is 809 g/mol. The molecule has 0 aliphatic rings. The summed E-state index contributed by atoms with van der Waals surface area (Å²) in [5.74, 6) is -2.01. The Bertz CT molecular complexity index is 1580.